The summed E-state index contributed by atoms with van der Waals surface area (Å²) in [5.74, 6) is -3.81. The summed E-state index contributed by atoms with van der Waals surface area (Å²) in [6.45, 7) is 5.12. The van der Waals surface area contributed by atoms with Gasteiger partial charge in [0.15, 0.2) is 17.5 Å². The molecule has 1 aromatic carbocycles. The Hall–Kier alpha value is -1.07. The Balaban J connectivity index is 2.93. The zero-order valence-electron chi connectivity index (χ0n) is 9.90. The van der Waals surface area contributed by atoms with Gasteiger partial charge in [0.2, 0.25) is 0 Å². The summed E-state index contributed by atoms with van der Waals surface area (Å²) in [6.07, 6.45) is 0. The van der Waals surface area contributed by atoms with Crippen LogP contribution in [0, 0.1) is 17.5 Å². The van der Waals surface area contributed by atoms with Crippen LogP contribution in [0.2, 0.25) is 0 Å². The van der Waals surface area contributed by atoms with Gasteiger partial charge in [0.25, 0.3) is 0 Å². The van der Waals surface area contributed by atoms with Gasteiger partial charge in [-0.1, -0.05) is 6.92 Å². The maximum absolute atomic E-state index is 13.1. The average Bonchev–Trinajstić information content (AvgIpc) is 2.31. The fourth-order valence-corrected chi connectivity index (χ4v) is 1.53. The van der Waals surface area contributed by atoms with E-state index in [2.05, 4.69) is 5.32 Å². The molecule has 0 saturated heterocycles. The smallest absolute Gasteiger partial charge is 0.194 e. The second-order valence-corrected chi connectivity index (χ2v) is 3.57. The molecular weight excluding hydrogens is 231 g/mol. The molecule has 0 spiro atoms. The van der Waals surface area contributed by atoms with Gasteiger partial charge in [0.05, 0.1) is 12.6 Å². The summed E-state index contributed by atoms with van der Waals surface area (Å²) in [7, 11) is 0. The molecule has 1 N–H and O–H groups in total. The second kappa shape index (κ2) is 6.61. The van der Waals surface area contributed by atoms with Crippen molar-refractivity contribution in [2.75, 3.05) is 19.8 Å². The van der Waals surface area contributed by atoms with Crippen LogP contribution in [0.15, 0.2) is 12.1 Å². The first kappa shape index (κ1) is 14.0. The summed E-state index contributed by atoms with van der Waals surface area (Å²) >= 11 is 0. The lowest BCUT2D eigenvalue weighted by Gasteiger charge is -2.18. The van der Waals surface area contributed by atoms with Gasteiger partial charge >= 0.3 is 0 Å². The topological polar surface area (TPSA) is 21.3 Å². The maximum Gasteiger partial charge on any atom is 0.194 e. The van der Waals surface area contributed by atoms with Crippen molar-refractivity contribution in [3.05, 3.63) is 35.1 Å². The highest BCUT2D eigenvalue weighted by atomic mass is 19.2. The minimum absolute atomic E-state index is 0.287. The Morgan fingerprint density at radius 1 is 1.18 bits per heavy atom. The monoisotopic (exact) mass is 247 g/mol. The van der Waals surface area contributed by atoms with E-state index in [4.69, 9.17) is 4.74 Å². The van der Waals surface area contributed by atoms with Crippen molar-refractivity contribution in [1.29, 1.82) is 0 Å². The molecule has 0 bridgehead atoms. The van der Waals surface area contributed by atoms with E-state index in [0.717, 1.165) is 12.1 Å². The lowest BCUT2D eigenvalue weighted by Crippen LogP contribution is -2.25. The van der Waals surface area contributed by atoms with Crippen LogP contribution >= 0.6 is 0 Å². The highest BCUT2D eigenvalue weighted by Gasteiger charge is 2.16. The number of ether oxygens (including phenoxy) is 1. The second-order valence-electron chi connectivity index (χ2n) is 3.57. The molecule has 0 aromatic heterocycles. The minimum Gasteiger partial charge on any atom is -0.380 e. The van der Waals surface area contributed by atoms with Gasteiger partial charge in [-0.2, -0.15) is 0 Å². The maximum atomic E-state index is 13.1. The number of halogens is 3. The van der Waals surface area contributed by atoms with E-state index < -0.39 is 17.5 Å². The van der Waals surface area contributed by atoms with Crippen molar-refractivity contribution in [2.24, 2.45) is 0 Å². The fraction of sp³-hybridized carbons (Fsp3) is 0.500. The zero-order valence-corrected chi connectivity index (χ0v) is 9.90. The summed E-state index contributed by atoms with van der Waals surface area (Å²) in [5, 5.41) is 3.03. The average molecular weight is 247 g/mol. The Kier molecular flexibility index (Phi) is 5.44. The van der Waals surface area contributed by atoms with Crippen LogP contribution in [-0.4, -0.2) is 19.8 Å². The van der Waals surface area contributed by atoms with Gasteiger partial charge in [0, 0.05) is 6.61 Å². The first-order chi connectivity index (χ1) is 8.10. The van der Waals surface area contributed by atoms with Crippen LogP contribution in [0.3, 0.4) is 0 Å². The third-order valence-electron chi connectivity index (χ3n) is 2.35. The molecule has 0 heterocycles. The van der Waals surface area contributed by atoms with Crippen molar-refractivity contribution >= 4 is 0 Å². The van der Waals surface area contributed by atoms with Crippen molar-refractivity contribution in [1.82, 2.24) is 5.32 Å². The number of hydrogen-bond donors (Lipinski definition) is 1. The van der Waals surface area contributed by atoms with Crippen LogP contribution in [0.25, 0.3) is 0 Å². The molecule has 0 fully saturated rings. The molecule has 1 unspecified atom stereocenters. The first-order valence-electron chi connectivity index (χ1n) is 5.55. The quantitative estimate of drug-likeness (QED) is 0.780. The number of nitrogens with one attached hydrogen (secondary N) is 1. The van der Waals surface area contributed by atoms with Gasteiger partial charge in [-0.05, 0) is 31.2 Å². The predicted octanol–water partition coefficient (Wildman–Crippen LogP) is 2.79. The van der Waals surface area contributed by atoms with E-state index in [9.17, 15) is 13.2 Å². The van der Waals surface area contributed by atoms with Crippen molar-refractivity contribution in [3.8, 4) is 0 Å². The molecule has 0 saturated carbocycles. The molecule has 0 aliphatic heterocycles. The van der Waals surface area contributed by atoms with E-state index in [1.54, 1.807) is 0 Å². The molecule has 5 heteroatoms. The normalized spacial score (nSPS) is 12.8. The van der Waals surface area contributed by atoms with Crippen LogP contribution < -0.4 is 5.32 Å². The lowest BCUT2D eigenvalue weighted by atomic mass is 10.1. The van der Waals surface area contributed by atoms with Gasteiger partial charge < -0.3 is 10.1 Å². The third kappa shape index (κ3) is 3.71. The number of likely N-dealkylation sites (N-methyl/N-ethyl adjacent to an activating group) is 1. The summed E-state index contributed by atoms with van der Waals surface area (Å²) in [4.78, 5) is 0. The van der Waals surface area contributed by atoms with Gasteiger partial charge in [0.1, 0.15) is 0 Å². The van der Waals surface area contributed by atoms with Gasteiger partial charge in [-0.25, -0.2) is 13.2 Å². The van der Waals surface area contributed by atoms with E-state index in [1.807, 2.05) is 13.8 Å². The molecule has 96 valence electrons. The molecule has 0 radical (unpaired) electrons. The molecule has 0 aliphatic carbocycles. The predicted molar refractivity (Wildman–Crippen MR) is 59.2 cm³/mol. The summed E-state index contributed by atoms with van der Waals surface area (Å²) < 4.78 is 44.2. The summed E-state index contributed by atoms with van der Waals surface area (Å²) in [5.41, 5.74) is 0.344. The van der Waals surface area contributed by atoms with Crippen LogP contribution in [0.1, 0.15) is 25.5 Å². The van der Waals surface area contributed by atoms with Crippen molar-refractivity contribution in [3.63, 3.8) is 0 Å². The number of hydrogen-bond acceptors (Lipinski definition) is 2. The molecule has 17 heavy (non-hydrogen) atoms. The highest BCUT2D eigenvalue weighted by molar-refractivity contribution is 5.22. The third-order valence-corrected chi connectivity index (χ3v) is 2.35. The number of benzene rings is 1. The highest BCUT2D eigenvalue weighted by Crippen LogP contribution is 2.19. The van der Waals surface area contributed by atoms with E-state index >= 15 is 0 Å². The van der Waals surface area contributed by atoms with Crippen molar-refractivity contribution < 1.29 is 17.9 Å². The molecule has 2 nitrogen and oxygen atoms in total. The lowest BCUT2D eigenvalue weighted by molar-refractivity contribution is 0.123. The van der Waals surface area contributed by atoms with Crippen LogP contribution in [0.5, 0.6) is 0 Å². The fourth-order valence-electron chi connectivity index (χ4n) is 1.53. The van der Waals surface area contributed by atoms with Crippen LogP contribution in [0.4, 0.5) is 13.2 Å². The first-order valence-corrected chi connectivity index (χ1v) is 5.55. The van der Waals surface area contributed by atoms with Crippen LogP contribution in [-0.2, 0) is 4.74 Å². The molecular formula is C12H16F3NO. The Morgan fingerprint density at radius 2 is 1.76 bits per heavy atom. The Morgan fingerprint density at radius 3 is 2.24 bits per heavy atom. The molecule has 1 atom stereocenters. The Bertz CT molecular complexity index is 348. The molecule has 1 rings (SSSR count). The number of rotatable bonds is 6. The van der Waals surface area contributed by atoms with E-state index in [-0.39, 0.29) is 12.6 Å². The SMILES string of the molecule is CCNC(COCC)c1cc(F)c(F)c(F)c1. The minimum atomic E-state index is -1.44. The molecule has 0 amide bonds. The Labute approximate surface area is 98.8 Å². The molecule has 1 aromatic rings. The van der Waals surface area contributed by atoms with E-state index in [1.165, 1.54) is 0 Å². The zero-order chi connectivity index (χ0) is 12.8. The van der Waals surface area contributed by atoms with E-state index in [0.29, 0.717) is 18.7 Å². The summed E-state index contributed by atoms with van der Waals surface area (Å²) in [6, 6.07) is 1.64. The van der Waals surface area contributed by atoms with Crippen molar-refractivity contribution in [2.45, 2.75) is 19.9 Å². The van der Waals surface area contributed by atoms with Gasteiger partial charge in [-0.3, -0.25) is 0 Å². The van der Waals surface area contributed by atoms with Gasteiger partial charge in [-0.15, -0.1) is 0 Å². The molecule has 0 aliphatic rings. The standard InChI is InChI=1S/C12H16F3NO/c1-3-16-11(7-17-4-2)8-5-9(13)12(15)10(14)6-8/h5-6,11,16H,3-4,7H2,1-2H3. The largest absolute Gasteiger partial charge is 0.380 e.